The lowest BCUT2D eigenvalue weighted by molar-refractivity contribution is 0.0673. The van der Waals surface area contributed by atoms with E-state index in [-0.39, 0.29) is 0 Å². The summed E-state index contributed by atoms with van der Waals surface area (Å²) in [6, 6.07) is 1.58. The molecule has 2 nitrogen and oxygen atoms in total. The highest BCUT2D eigenvalue weighted by Gasteiger charge is 2.33. The van der Waals surface area contributed by atoms with E-state index in [9.17, 15) is 0 Å². The summed E-state index contributed by atoms with van der Waals surface area (Å²) in [4.78, 5) is 2.78. The Morgan fingerprint density at radius 2 is 2.11 bits per heavy atom. The average molecular weight is 252 g/mol. The van der Waals surface area contributed by atoms with Crippen LogP contribution in [0, 0.1) is 11.3 Å². The second-order valence-electron chi connectivity index (χ2n) is 7.69. The average Bonchev–Trinajstić information content (AvgIpc) is 2.27. The lowest BCUT2D eigenvalue weighted by Crippen LogP contribution is -2.55. The smallest absolute Gasteiger partial charge is 0.0198 e. The summed E-state index contributed by atoms with van der Waals surface area (Å²) in [5.41, 5.74) is 0.571. The van der Waals surface area contributed by atoms with Crippen LogP contribution in [0.2, 0.25) is 0 Å². The first-order valence-electron chi connectivity index (χ1n) is 7.94. The van der Waals surface area contributed by atoms with Crippen LogP contribution in [0.1, 0.15) is 59.8 Å². The zero-order valence-corrected chi connectivity index (χ0v) is 12.8. The van der Waals surface area contributed by atoms with Crippen LogP contribution in [0.25, 0.3) is 0 Å². The fourth-order valence-electron chi connectivity index (χ4n) is 3.88. The number of rotatable bonds is 3. The number of piperazine rings is 1. The van der Waals surface area contributed by atoms with Gasteiger partial charge in [-0.15, -0.1) is 0 Å². The summed E-state index contributed by atoms with van der Waals surface area (Å²) in [7, 11) is 0. The number of hydrogen-bond donors (Lipinski definition) is 1. The summed E-state index contributed by atoms with van der Waals surface area (Å²) in [6.45, 7) is 13.3. The molecule has 2 rings (SSSR count). The molecule has 2 heteroatoms. The predicted octanol–water partition coefficient (Wildman–Crippen LogP) is 3.28. The zero-order chi connectivity index (χ0) is 13.2. The third-order valence-corrected chi connectivity index (χ3v) is 4.74. The van der Waals surface area contributed by atoms with Gasteiger partial charge in [0.25, 0.3) is 0 Å². The molecule has 1 saturated carbocycles. The molecule has 1 N–H and O–H groups in total. The second kappa shape index (κ2) is 5.92. The Hall–Kier alpha value is -0.0800. The molecule has 1 heterocycles. The molecule has 1 aliphatic heterocycles. The van der Waals surface area contributed by atoms with E-state index in [0.29, 0.717) is 5.41 Å². The molecule has 0 radical (unpaired) electrons. The zero-order valence-electron chi connectivity index (χ0n) is 12.8. The van der Waals surface area contributed by atoms with Crippen LogP contribution in [-0.4, -0.2) is 36.6 Å². The van der Waals surface area contributed by atoms with Gasteiger partial charge < -0.3 is 5.32 Å². The molecule has 106 valence electrons. The van der Waals surface area contributed by atoms with Crippen molar-refractivity contribution < 1.29 is 0 Å². The van der Waals surface area contributed by atoms with Gasteiger partial charge in [-0.25, -0.2) is 0 Å². The van der Waals surface area contributed by atoms with Crippen molar-refractivity contribution in [2.45, 2.75) is 71.9 Å². The van der Waals surface area contributed by atoms with Crippen LogP contribution >= 0.6 is 0 Å². The summed E-state index contributed by atoms with van der Waals surface area (Å²) < 4.78 is 0. The van der Waals surface area contributed by atoms with E-state index in [2.05, 4.69) is 37.9 Å². The first-order valence-corrected chi connectivity index (χ1v) is 7.94. The number of nitrogens with zero attached hydrogens (tertiary/aromatic N) is 1. The molecule has 0 aromatic carbocycles. The van der Waals surface area contributed by atoms with Gasteiger partial charge in [0, 0.05) is 31.7 Å². The van der Waals surface area contributed by atoms with Crippen molar-refractivity contribution >= 4 is 0 Å². The third-order valence-electron chi connectivity index (χ3n) is 4.74. The molecular formula is C16H32N2. The van der Waals surface area contributed by atoms with E-state index in [0.717, 1.165) is 18.0 Å². The second-order valence-corrected chi connectivity index (χ2v) is 7.69. The molecule has 2 unspecified atom stereocenters. The van der Waals surface area contributed by atoms with E-state index >= 15 is 0 Å². The summed E-state index contributed by atoms with van der Waals surface area (Å²) in [5.74, 6) is 0.810. The van der Waals surface area contributed by atoms with E-state index in [1.807, 2.05) is 0 Å². The van der Waals surface area contributed by atoms with Crippen molar-refractivity contribution in [2.75, 3.05) is 19.6 Å². The van der Waals surface area contributed by atoms with Crippen LogP contribution in [0.15, 0.2) is 0 Å². The first kappa shape index (κ1) is 14.3. The van der Waals surface area contributed by atoms with Crippen LogP contribution in [0.4, 0.5) is 0 Å². The Morgan fingerprint density at radius 3 is 2.78 bits per heavy atom. The number of nitrogens with one attached hydrogen (secondary N) is 1. The minimum absolute atomic E-state index is 0.571. The van der Waals surface area contributed by atoms with Gasteiger partial charge in [-0.2, -0.15) is 0 Å². The van der Waals surface area contributed by atoms with Crippen molar-refractivity contribution in [3.8, 4) is 0 Å². The maximum Gasteiger partial charge on any atom is 0.0198 e. The lowest BCUT2D eigenvalue weighted by Gasteiger charge is -2.45. The molecule has 2 aliphatic rings. The SMILES string of the molecule is CC(C)CC1CN(C2CCCC(C)(C)C2)CCN1. The maximum atomic E-state index is 3.70. The van der Waals surface area contributed by atoms with Gasteiger partial charge in [0.1, 0.15) is 0 Å². The van der Waals surface area contributed by atoms with Crippen molar-refractivity contribution in [3.63, 3.8) is 0 Å². The van der Waals surface area contributed by atoms with E-state index < -0.39 is 0 Å². The van der Waals surface area contributed by atoms with Crippen LogP contribution in [-0.2, 0) is 0 Å². The predicted molar refractivity (Wildman–Crippen MR) is 78.9 cm³/mol. The normalized spacial score (nSPS) is 33.8. The van der Waals surface area contributed by atoms with Crippen molar-refractivity contribution in [2.24, 2.45) is 11.3 Å². The van der Waals surface area contributed by atoms with E-state index in [1.165, 1.54) is 51.7 Å². The molecule has 1 saturated heterocycles. The van der Waals surface area contributed by atoms with Gasteiger partial charge in [-0.3, -0.25) is 4.90 Å². The summed E-state index contributed by atoms with van der Waals surface area (Å²) >= 11 is 0. The monoisotopic (exact) mass is 252 g/mol. The van der Waals surface area contributed by atoms with Gasteiger partial charge in [0.2, 0.25) is 0 Å². The minimum Gasteiger partial charge on any atom is -0.311 e. The number of hydrogen-bond acceptors (Lipinski definition) is 2. The summed E-state index contributed by atoms with van der Waals surface area (Å²) in [5, 5.41) is 3.70. The van der Waals surface area contributed by atoms with Gasteiger partial charge in [-0.1, -0.05) is 34.1 Å². The Balaban J connectivity index is 1.88. The molecule has 0 spiro atoms. The van der Waals surface area contributed by atoms with Gasteiger partial charge in [-0.05, 0) is 37.0 Å². The van der Waals surface area contributed by atoms with Gasteiger partial charge >= 0.3 is 0 Å². The largest absolute Gasteiger partial charge is 0.311 e. The fourth-order valence-corrected chi connectivity index (χ4v) is 3.88. The standard InChI is InChI=1S/C16H32N2/c1-13(2)10-14-12-18(9-8-17-14)15-6-5-7-16(3,4)11-15/h13-15,17H,5-12H2,1-4H3. The van der Waals surface area contributed by atoms with Crippen LogP contribution in [0.3, 0.4) is 0 Å². The molecule has 0 aromatic heterocycles. The van der Waals surface area contributed by atoms with E-state index in [4.69, 9.17) is 0 Å². The summed E-state index contributed by atoms with van der Waals surface area (Å²) in [6.07, 6.45) is 7.01. The maximum absolute atomic E-state index is 3.70. The minimum atomic E-state index is 0.571. The highest BCUT2D eigenvalue weighted by atomic mass is 15.2. The first-order chi connectivity index (χ1) is 8.46. The highest BCUT2D eigenvalue weighted by Crippen LogP contribution is 2.37. The Morgan fingerprint density at radius 1 is 1.33 bits per heavy atom. The molecule has 2 fully saturated rings. The van der Waals surface area contributed by atoms with Crippen LogP contribution in [0.5, 0.6) is 0 Å². The van der Waals surface area contributed by atoms with Crippen molar-refractivity contribution in [1.82, 2.24) is 10.2 Å². The Kier molecular flexibility index (Phi) is 4.71. The molecule has 0 bridgehead atoms. The topological polar surface area (TPSA) is 15.3 Å². The molecule has 0 aromatic rings. The molecular weight excluding hydrogens is 220 g/mol. The molecule has 18 heavy (non-hydrogen) atoms. The fraction of sp³-hybridized carbons (Fsp3) is 1.00. The Bertz CT molecular complexity index is 260. The molecule has 1 aliphatic carbocycles. The quantitative estimate of drug-likeness (QED) is 0.829. The lowest BCUT2D eigenvalue weighted by atomic mass is 9.74. The van der Waals surface area contributed by atoms with Crippen molar-refractivity contribution in [3.05, 3.63) is 0 Å². The Labute approximate surface area is 114 Å². The van der Waals surface area contributed by atoms with Gasteiger partial charge in [0.15, 0.2) is 0 Å². The molecule has 2 atom stereocenters. The van der Waals surface area contributed by atoms with Crippen LogP contribution < -0.4 is 5.32 Å². The van der Waals surface area contributed by atoms with E-state index in [1.54, 1.807) is 0 Å². The molecule has 0 amide bonds. The third kappa shape index (κ3) is 3.96. The van der Waals surface area contributed by atoms with Crippen molar-refractivity contribution in [1.29, 1.82) is 0 Å². The van der Waals surface area contributed by atoms with Gasteiger partial charge in [0.05, 0.1) is 0 Å². The highest BCUT2D eigenvalue weighted by molar-refractivity contribution is 4.89.